The molecule has 0 saturated carbocycles. The Morgan fingerprint density at radius 1 is 1.21 bits per heavy atom. The number of benzene rings is 1. The van der Waals surface area contributed by atoms with Gasteiger partial charge in [0.2, 0.25) is 0 Å². The number of fused-ring (bicyclic) bond motifs is 1. The predicted octanol–water partition coefficient (Wildman–Crippen LogP) is 2.23. The topological polar surface area (TPSA) is 50.2 Å². The summed E-state index contributed by atoms with van der Waals surface area (Å²) in [5, 5.41) is 4.41. The number of nitrogens with zero attached hydrogens (tertiary/aromatic N) is 2. The van der Waals surface area contributed by atoms with Gasteiger partial charge < -0.3 is 4.98 Å². The molecule has 4 nitrogen and oxygen atoms in total. The van der Waals surface area contributed by atoms with Gasteiger partial charge in [0.15, 0.2) is 0 Å². The third kappa shape index (κ3) is 2.05. The Labute approximate surface area is 110 Å². The molecule has 96 valence electrons. The van der Waals surface area contributed by atoms with Crippen molar-refractivity contribution in [3.05, 3.63) is 69.4 Å². The van der Waals surface area contributed by atoms with E-state index >= 15 is 0 Å². The van der Waals surface area contributed by atoms with Crippen LogP contribution < -0.4 is 5.56 Å². The third-order valence-electron chi connectivity index (χ3n) is 3.28. The van der Waals surface area contributed by atoms with E-state index in [-0.39, 0.29) is 5.56 Å². The smallest absolute Gasteiger partial charge is 0.275 e. The minimum atomic E-state index is -0.0880. The average molecular weight is 253 g/mol. The lowest BCUT2D eigenvalue weighted by Crippen LogP contribution is -2.15. The lowest BCUT2D eigenvalue weighted by atomic mass is 10.1. The molecular weight excluding hydrogens is 238 g/mol. The summed E-state index contributed by atoms with van der Waals surface area (Å²) in [6.07, 6.45) is 0.775. The van der Waals surface area contributed by atoms with Gasteiger partial charge in [0.25, 0.3) is 5.56 Å². The van der Waals surface area contributed by atoms with Crippen molar-refractivity contribution in [3.8, 4) is 0 Å². The Kier molecular flexibility index (Phi) is 2.71. The van der Waals surface area contributed by atoms with Gasteiger partial charge in [-0.3, -0.25) is 4.79 Å². The number of rotatable bonds is 2. The first-order valence-corrected chi connectivity index (χ1v) is 6.27. The second-order valence-corrected chi connectivity index (χ2v) is 4.77. The quantitative estimate of drug-likeness (QED) is 0.761. The maximum atomic E-state index is 11.9. The van der Waals surface area contributed by atoms with Crippen molar-refractivity contribution >= 4 is 5.52 Å². The summed E-state index contributed by atoms with van der Waals surface area (Å²) in [6.45, 7) is 3.81. The molecule has 0 aliphatic rings. The van der Waals surface area contributed by atoms with Crippen molar-refractivity contribution in [3.63, 3.8) is 0 Å². The Hall–Kier alpha value is -2.36. The minimum absolute atomic E-state index is 0.0880. The van der Waals surface area contributed by atoms with Gasteiger partial charge in [-0.15, -0.1) is 0 Å². The normalized spacial score (nSPS) is 11.1. The van der Waals surface area contributed by atoms with Gasteiger partial charge in [-0.05, 0) is 31.0 Å². The van der Waals surface area contributed by atoms with E-state index in [0.717, 1.165) is 17.7 Å². The van der Waals surface area contributed by atoms with Crippen LogP contribution in [0.3, 0.4) is 0 Å². The lowest BCUT2D eigenvalue weighted by molar-refractivity contribution is 0.801. The fourth-order valence-electron chi connectivity index (χ4n) is 2.34. The van der Waals surface area contributed by atoms with Crippen LogP contribution in [0.25, 0.3) is 5.52 Å². The van der Waals surface area contributed by atoms with E-state index in [1.165, 1.54) is 5.56 Å². The van der Waals surface area contributed by atoms with Gasteiger partial charge in [-0.25, -0.2) is 4.52 Å². The van der Waals surface area contributed by atoms with E-state index in [0.29, 0.717) is 11.3 Å². The Balaban J connectivity index is 2.18. The van der Waals surface area contributed by atoms with Gasteiger partial charge in [0, 0.05) is 6.42 Å². The highest BCUT2D eigenvalue weighted by Crippen LogP contribution is 2.16. The van der Waals surface area contributed by atoms with Gasteiger partial charge in [-0.1, -0.05) is 30.3 Å². The van der Waals surface area contributed by atoms with Crippen LogP contribution in [0.15, 0.2) is 41.2 Å². The fourth-order valence-corrected chi connectivity index (χ4v) is 2.34. The molecule has 0 amide bonds. The van der Waals surface area contributed by atoms with Crippen molar-refractivity contribution in [2.24, 2.45) is 0 Å². The van der Waals surface area contributed by atoms with E-state index in [4.69, 9.17) is 0 Å². The SMILES string of the molecule is Cc1nn2c(Cc3ccccc3)c(C)cc2c(=O)[nH]1. The van der Waals surface area contributed by atoms with Crippen LogP contribution in [0, 0.1) is 13.8 Å². The molecule has 0 atom stereocenters. The molecule has 0 fully saturated rings. The number of nitrogens with one attached hydrogen (secondary N) is 1. The minimum Gasteiger partial charge on any atom is -0.307 e. The molecule has 0 saturated heterocycles. The van der Waals surface area contributed by atoms with Crippen molar-refractivity contribution in [2.75, 3.05) is 0 Å². The molecule has 2 aromatic heterocycles. The fraction of sp³-hybridized carbons (Fsp3) is 0.200. The summed E-state index contributed by atoms with van der Waals surface area (Å²) in [6, 6.07) is 12.1. The highest BCUT2D eigenvalue weighted by molar-refractivity contribution is 5.51. The first-order chi connectivity index (χ1) is 9.15. The molecule has 1 N–H and O–H groups in total. The summed E-state index contributed by atoms with van der Waals surface area (Å²) in [4.78, 5) is 14.6. The molecule has 0 aliphatic heterocycles. The van der Waals surface area contributed by atoms with Gasteiger partial charge >= 0.3 is 0 Å². The summed E-state index contributed by atoms with van der Waals surface area (Å²) in [7, 11) is 0. The molecule has 1 aromatic carbocycles. The molecule has 0 spiro atoms. The van der Waals surface area contributed by atoms with E-state index in [1.807, 2.05) is 31.2 Å². The van der Waals surface area contributed by atoms with Crippen LogP contribution in [0.1, 0.15) is 22.6 Å². The van der Waals surface area contributed by atoms with E-state index in [1.54, 1.807) is 11.4 Å². The first kappa shape index (κ1) is 11.7. The number of hydrogen-bond donors (Lipinski definition) is 1. The van der Waals surface area contributed by atoms with E-state index < -0.39 is 0 Å². The Bertz CT molecular complexity index is 784. The number of aromatic nitrogens is 3. The maximum Gasteiger partial charge on any atom is 0.275 e. The summed E-state index contributed by atoms with van der Waals surface area (Å²) < 4.78 is 1.76. The zero-order valence-electron chi connectivity index (χ0n) is 11.0. The zero-order chi connectivity index (χ0) is 13.4. The summed E-state index contributed by atoms with van der Waals surface area (Å²) in [5.74, 6) is 0.627. The molecular formula is C15H15N3O. The molecule has 3 rings (SSSR count). The van der Waals surface area contributed by atoms with Crippen molar-refractivity contribution in [1.29, 1.82) is 0 Å². The van der Waals surface area contributed by atoms with E-state index in [9.17, 15) is 4.79 Å². The largest absolute Gasteiger partial charge is 0.307 e. The second-order valence-electron chi connectivity index (χ2n) is 4.77. The number of aromatic amines is 1. The van der Waals surface area contributed by atoms with Crippen LogP contribution in [0.2, 0.25) is 0 Å². The van der Waals surface area contributed by atoms with Gasteiger partial charge in [0.1, 0.15) is 11.3 Å². The van der Waals surface area contributed by atoms with Crippen LogP contribution in [0.4, 0.5) is 0 Å². The Morgan fingerprint density at radius 3 is 2.68 bits per heavy atom. The van der Waals surface area contributed by atoms with E-state index in [2.05, 4.69) is 22.2 Å². The van der Waals surface area contributed by atoms with Crippen LogP contribution in [0.5, 0.6) is 0 Å². The van der Waals surface area contributed by atoms with Gasteiger partial charge in [0.05, 0.1) is 5.69 Å². The van der Waals surface area contributed by atoms with Gasteiger partial charge in [-0.2, -0.15) is 5.10 Å². The molecule has 3 aromatic rings. The van der Waals surface area contributed by atoms with Crippen molar-refractivity contribution in [1.82, 2.24) is 14.6 Å². The van der Waals surface area contributed by atoms with Crippen molar-refractivity contribution in [2.45, 2.75) is 20.3 Å². The molecule has 0 bridgehead atoms. The molecule has 2 heterocycles. The number of H-pyrrole nitrogens is 1. The summed E-state index contributed by atoms with van der Waals surface area (Å²) >= 11 is 0. The van der Waals surface area contributed by atoms with Crippen LogP contribution in [-0.2, 0) is 6.42 Å². The molecule has 19 heavy (non-hydrogen) atoms. The van der Waals surface area contributed by atoms with Crippen molar-refractivity contribution < 1.29 is 0 Å². The highest BCUT2D eigenvalue weighted by Gasteiger charge is 2.11. The standard InChI is InChI=1S/C15H15N3O/c1-10-8-14-15(19)16-11(2)17-18(14)13(10)9-12-6-4-3-5-7-12/h3-8H,9H2,1-2H3,(H,16,17,19). The predicted molar refractivity (Wildman–Crippen MR) is 74.5 cm³/mol. The zero-order valence-corrected chi connectivity index (χ0v) is 11.0. The first-order valence-electron chi connectivity index (χ1n) is 6.27. The average Bonchev–Trinajstić information content (AvgIpc) is 2.69. The number of hydrogen-bond acceptors (Lipinski definition) is 2. The molecule has 0 aliphatic carbocycles. The Morgan fingerprint density at radius 2 is 1.95 bits per heavy atom. The maximum absolute atomic E-state index is 11.9. The highest BCUT2D eigenvalue weighted by atomic mass is 16.1. The molecule has 0 radical (unpaired) electrons. The monoisotopic (exact) mass is 253 g/mol. The van der Waals surface area contributed by atoms with Crippen LogP contribution in [-0.4, -0.2) is 14.6 Å². The number of aryl methyl sites for hydroxylation is 2. The lowest BCUT2D eigenvalue weighted by Gasteiger charge is -2.04. The summed E-state index contributed by atoms with van der Waals surface area (Å²) in [5.41, 5.74) is 3.89. The van der Waals surface area contributed by atoms with Crippen LogP contribution >= 0.6 is 0 Å². The molecule has 4 heteroatoms. The second kappa shape index (κ2) is 4.39. The third-order valence-corrected chi connectivity index (χ3v) is 3.28. The molecule has 0 unspecified atom stereocenters.